The van der Waals surface area contributed by atoms with Gasteiger partial charge in [0.15, 0.2) is 4.90 Å². The van der Waals surface area contributed by atoms with Crippen molar-refractivity contribution in [3.63, 3.8) is 0 Å². The lowest BCUT2D eigenvalue weighted by molar-refractivity contribution is 0.332. The molecule has 1 heterocycles. The summed E-state index contributed by atoms with van der Waals surface area (Å²) in [7, 11) is -7.36. The van der Waals surface area contributed by atoms with Crippen LogP contribution in [0, 0.1) is 0 Å². The number of rotatable bonds is 6. The average Bonchev–Trinajstić information content (AvgIpc) is 2.82. The van der Waals surface area contributed by atoms with Crippen molar-refractivity contribution >= 4 is 41.4 Å². The minimum absolute atomic E-state index is 0.109. The fraction of sp³-hybridized carbons (Fsp3) is 0.417. The van der Waals surface area contributed by atoms with Crippen molar-refractivity contribution < 1.29 is 21.6 Å². The van der Waals surface area contributed by atoms with Gasteiger partial charge >= 0.3 is 0 Å². The number of aromatic nitrogens is 1. The molecule has 0 aliphatic carbocycles. The molecular formula is C12H16N2O5S3. The molecule has 0 bridgehead atoms. The number of ether oxygens (including phenoxy) is 1. The molecule has 10 heteroatoms. The second kappa shape index (κ2) is 6.11. The maximum atomic E-state index is 12.4. The maximum absolute atomic E-state index is 12.4. The summed E-state index contributed by atoms with van der Waals surface area (Å²) in [6.07, 6.45) is 1.03. The van der Waals surface area contributed by atoms with Crippen LogP contribution < -0.4 is 9.46 Å². The predicted octanol–water partition coefficient (Wildman–Crippen LogP) is 1.40. The van der Waals surface area contributed by atoms with Crippen LogP contribution in [0.5, 0.6) is 5.75 Å². The predicted molar refractivity (Wildman–Crippen MR) is 84.8 cm³/mol. The molecule has 2 aromatic rings. The number of nitrogens with one attached hydrogen (secondary N) is 1. The van der Waals surface area contributed by atoms with E-state index in [-0.39, 0.29) is 33.7 Å². The molecule has 0 aliphatic heterocycles. The molecule has 0 spiro atoms. The normalized spacial score (nSPS) is 12.7. The van der Waals surface area contributed by atoms with E-state index in [4.69, 9.17) is 4.74 Å². The summed E-state index contributed by atoms with van der Waals surface area (Å²) >= 11 is 0.933. The van der Waals surface area contributed by atoms with Crippen LogP contribution in [-0.4, -0.2) is 41.2 Å². The Morgan fingerprint density at radius 3 is 2.45 bits per heavy atom. The molecule has 7 nitrogen and oxygen atoms in total. The van der Waals surface area contributed by atoms with Gasteiger partial charge in [0.2, 0.25) is 24.2 Å². The van der Waals surface area contributed by atoms with Crippen molar-refractivity contribution in [1.82, 2.24) is 9.71 Å². The SMILES string of the molecule is CCNS(=O)(=O)c1c(OCC)ccc2sc(S(C)(=O)=O)nc12. The van der Waals surface area contributed by atoms with Crippen LogP contribution in [0.2, 0.25) is 0 Å². The third-order valence-electron chi connectivity index (χ3n) is 2.68. The zero-order chi connectivity index (χ0) is 16.5. The van der Waals surface area contributed by atoms with Crippen LogP contribution in [-0.2, 0) is 19.9 Å². The molecule has 122 valence electrons. The van der Waals surface area contributed by atoms with Crippen LogP contribution in [0.15, 0.2) is 21.4 Å². The summed E-state index contributed by atoms with van der Waals surface area (Å²) in [5.74, 6) is 0.154. The van der Waals surface area contributed by atoms with Crippen LogP contribution >= 0.6 is 11.3 Å². The Morgan fingerprint density at radius 2 is 1.91 bits per heavy atom. The topological polar surface area (TPSA) is 102 Å². The first kappa shape index (κ1) is 17.1. The van der Waals surface area contributed by atoms with E-state index in [0.29, 0.717) is 4.70 Å². The van der Waals surface area contributed by atoms with E-state index in [1.807, 2.05) is 0 Å². The highest BCUT2D eigenvalue weighted by Crippen LogP contribution is 2.36. The molecule has 2 rings (SSSR count). The molecule has 0 radical (unpaired) electrons. The molecule has 1 aromatic heterocycles. The number of hydrogen-bond donors (Lipinski definition) is 1. The summed E-state index contributed by atoms with van der Waals surface area (Å²) < 4.78 is 56.3. The average molecular weight is 364 g/mol. The summed E-state index contributed by atoms with van der Waals surface area (Å²) in [6.45, 7) is 3.87. The largest absolute Gasteiger partial charge is 0.492 e. The standard InChI is InChI=1S/C12H16N2O5S3/c1-4-13-22(17,18)11-8(19-5-2)6-7-9-10(11)14-12(20-9)21(3,15)16/h6-7,13H,4-5H2,1-3H3. The molecule has 0 saturated heterocycles. The highest BCUT2D eigenvalue weighted by molar-refractivity contribution is 7.92. The number of benzene rings is 1. The van der Waals surface area contributed by atoms with Gasteiger partial charge in [0.05, 0.1) is 11.3 Å². The molecule has 0 fully saturated rings. The van der Waals surface area contributed by atoms with Crippen LogP contribution in [0.1, 0.15) is 13.8 Å². The Labute approximate surface area is 133 Å². The molecule has 0 amide bonds. The van der Waals surface area contributed by atoms with Crippen LogP contribution in [0.25, 0.3) is 10.2 Å². The quantitative estimate of drug-likeness (QED) is 0.831. The lowest BCUT2D eigenvalue weighted by Gasteiger charge is -2.11. The Hall–Kier alpha value is -1.23. The van der Waals surface area contributed by atoms with Crippen molar-refractivity contribution in [2.45, 2.75) is 23.1 Å². The van der Waals surface area contributed by atoms with E-state index >= 15 is 0 Å². The van der Waals surface area contributed by atoms with Crippen molar-refractivity contribution in [2.24, 2.45) is 0 Å². The van der Waals surface area contributed by atoms with Crippen LogP contribution in [0.3, 0.4) is 0 Å². The third-order valence-corrected chi connectivity index (χ3v) is 6.98. The number of fused-ring (bicyclic) bond motifs is 1. The second-order valence-electron chi connectivity index (χ2n) is 4.43. The van der Waals surface area contributed by atoms with Gasteiger partial charge < -0.3 is 4.74 Å². The van der Waals surface area contributed by atoms with Gasteiger partial charge in [0, 0.05) is 12.8 Å². The molecule has 0 aliphatic rings. The fourth-order valence-electron chi connectivity index (χ4n) is 1.88. The lowest BCUT2D eigenvalue weighted by atomic mass is 10.3. The third kappa shape index (κ3) is 3.24. The van der Waals surface area contributed by atoms with Gasteiger partial charge in [0.1, 0.15) is 11.3 Å². The van der Waals surface area contributed by atoms with Gasteiger partial charge in [-0.25, -0.2) is 26.5 Å². The van der Waals surface area contributed by atoms with Crippen molar-refractivity contribution in [1.29, 1.82) is 0 Å². The van der Waals surface area contributed by atoms with Crippen molar-refractivity contribution in [3.05, 3.63) is 12.1 Å². The van der Waals surface area contributed by atoms with Gasteiger partial charge in [-0.1, -0.05) is 6.92 Å². The Morgan fingerprint density at radius 1 is 1.23 bits per heavy atom. The zero-order valence-corrected chi connectivity index (χ0v) is 14.7. The first-order valence-electron chi connectivity index (χ1n) is 6.46. The Balaban J connectivity index is 2.83. The number of hydrogen-bond acceptors (Lipinski definition) is 7. The number of thiazole rings is 1. The number of nitrogens with zero attached hydrogens (tertiary/aromatic N) is 1. The molecule has 0 saturated carbocycles. The minimum Gasteiger partial charge on any atom is -0.492 e. The number of sulfone groups is 1. The van der Waals surface area contributed by atoms with Crippen molar-refractivity contribution in [2.75, 3.05) is 19.4 Å². The molecular weight excluding hydrogens is 348 g/mol. The maximum Gasteiger partial charge on any atom is 0.246 e. The molecule has 22 heavy (non-hydrogen) atoms. The van der Waals surface area contributed by atoms with Crippen LogP contribution in [0.4, 0.5) is 0 Å². The van der Waals surface area contributed by atoms with Gasteiger partial charge in [-0.15, -0.1) is 11.3 Å². The monoisotopic (exact) mass is 364 g/mol. The smallest absolute Gasteiger partial charge is 0.246 e. The fourth-order valence-corrected chi connectivity index (χ4v) is 5.11. The van der Waals surface area contributed by atoms with Crippen molar-refractivity contribution in [3.8, 4) is 5.75 Å². The molecule has 0 unspecified atom stereocenters. The lowest BCUT2D eigenvalue weighted by Crippen LogP contribution is -2.24. The minimum atomic E-state index is -3.85. The van der Waals surface area contributed by atoms with E-state index in [0.717, 1.165) is 17.6 Å². The number of sulfonamides is 1. The van der Waals surface area contributed by atoms with E-state index < -0.39 is 19.9 Å². The molecule has 0 atom stereocenters. The van der Waals surface area contributed by atoms with Gasteiger partial charge in [0.25, 0.3) is 0 Å². The van der Waals surface area contributed by atoms with Gasteiger partial charge in [-0.05, 0) is 19.1 Å². The van der Waals surface area contributed by atoms with E-state index in [1.165, 1.54) is 6.07 Å². The van der Waals surface area contributed by atoms with Gasteiger partial charge in [-0.2, -0.15) is 0 Å². The second-order valence-corrected chi connectivity index (χ2v) is 9.35. The first-order chi connectivity index (χ1) is 10.2. The zero-order valence-electron chi connectivity index (χ0n) is 12.3. The summed E-state index contributed by atoms with van der Waals surface area (Å²) in [4.78, 5) is 3.88. The Kier molecular flexibility index (Phi) is 4.76. The summed E-state index contributed by atoms with van der Waals surface area (Å²) in [6, 6.07) is 3.12. The van der Waals surface area contributed by atoms with E-state index in [9.17, 15) is 16.8 Å². The molecule has 1 aromatic carbocycles. The highest BCUT2D eigenvalue weighted by atomic mass is 32.2. The summed E-state index contributed by atoms with van der Waals surface area (Å²) in [5.41, 5.74) is 0.109. The van der Waals surface area contributed by atoms with Gasteiger partial charge in [-0.3, -0.25) is 0 Å². The molecule has 1 N–H and O–H groups in total. The summed E-state index contributed by atoms with van der Waals surface area (Å²) in [5, 5.41) is 0. The highest BCUT2D eigenvalue weighted by Gasteiger charge is 2.26. The first-order valence-corrected chi connectivity index (χ1v) is 10.7. The van der Waals surface area contributed by atoms with E-state index in [2.05, 4.69) is 9.71 Å². The Bertz CT molecular complexity index is 900. The van der Waals surface area contributed by atoms with E-state index in [1.54, 1.807) is 19.9 Å².